The van der Waals surface area contributed by atoms with E-state index in [0.29, 0.717) is 15.8 Å². The molecule has 2 N–H and O–H groups in total. The fraction of sp³-hybridized carbons (Fsp3) is 0. The van der Waals surface area contributed by atoms with Gasteiger partial charge in [0, 0.05) is 16.5 Å². The molecule has 0 unspecified atom stereocenters. The number of fused-ring (bicyclic) bond motifs is 1. The Bertz CT molecular complexity index is 518. The molecule has 0 bridgehead atoms. The Morgan fingerprint density at radius 1 is 1.31 bits per heavy atom. The highest BCUT2D eigenvalue weighted by molar-refractivity contribution is 6.31. The second kappa shape index (κ2) is 2.78. The van der Waals surface area contributed by atoms with E-state index < -0.39 is 0 Å². The Hall–Kier alpha value is -1.48. The van der Waals surface area contributed by atoms with Crippen molar-refractivity contribution in [1.29, 1.82) is 0 Å². The Labute approximate surface area is 78.6 Å². The number of hydrogen-bond acceptors (Lipinski definition) is 2. The number of nitrogens with one attached hydrogen (secondary N) is 1. The van der Waals surface area contributed by atoms with Crippen molar-refractivity contribution < 1.29 is 5.11 Å². The van der Waals surface area contributed by atoms with Crippen LogP contribution in [0.1, 0.15) is 0 Å². The van der Waals surface area contributed by atoms with E-state index in [2.05, 4.69) is 4.98 Å². The molecule has 2 rings (SSSR count). The molecule has 2 aromatic rings. The molecule has 1 aromatic heterocycles. The zero-order chi connectivity index (χ0) is 9.42. The van der Waals surface area contributed by atoms with Gasteiger partial charge in [0.25, 0.3) is 5.56 Å². The highest BCUT2D eigenvalue weighted by Gasteiger charge is 2.01. The topological polar surface area (TPSA) is 53.1 Å². The molecule has 0 aliphatic heterocycles. The summed E-state index contributed by atoms with van der Waals surface area (Å²) in [6, 6.07) is 6.36. The van der Waals surface area contributed by atoms with Gasteiger partial charge in [0.05, 0.1) is 0 Å². The van der Waals surface area contributed by atoms with Crippen molar-refractivity contribution >= 4 is 22.4 Å². The molecule has 0 spiro atoms. The van der Waals surface area contributed by atoms with Crippen molar-refractivity contribution in [3.05, 3.63) is 39.6 Å². The van der Waals surface area contributed by atoms with E-state index in [1.165, 1.54) is 6.07 Å². The maximum absolute atomic E-state index is 10.9. The van der Waals surface area contributed by atoms with Crippen molar-refractivity contribution in [3.63, 3.8) is 0 Å². The first kappa shape index (κ1) is 8.13. The van der Waals surface area contributed by atoms with Crippen LogP contribution in [0.15, 0.2) is 29.1 Å². The van der Waals surface area contributed by atoms with Crippen LogP contribution in [0.25, 0.3) is 10.8 Å². The largest absolute Gasteiger partial charge is 0.494 e. The lowest BCUT2D eigenvalue weighted by molar-refractivity contribution is 0.459. The van der Waals surface area contributed by atoms with Gasteiger partial charge in [-0.1, -0.05) is 17.7 Å². The molecule has 1 aromatic carbocycles. The predicted octanol–water partition coefficient (Wildman–Crippen LogP) is 1.89. The summed E-state index contributed by atoms with van der Waals surface area (Å²) in [4.78, 5) is 13.2. The van der Waals surface area contributed by atoms with Crippen molar-refractivity contribution in [3.8, 4) is 5.88 Å². The van der Waals surface area contributed by atoms with Gasteiger partial charge in [-0.25, -0.2) is 0 Å². The minimum atomic E-state index is -0.327. The Kier molecular flexibility index (Phi) is 1.74. The molecule has 0 atom stereocenters. The van der Waals surface area contributed by atoms with Crippen LogP contribution in [0.2, 0.25) is 5.02 Å². The smallest absolute Gasteiger partial charge is 0.251 e. The Morgan fingerprint density at radius 2 is 2.08 bits per heavy atom. The average Bonchev–Trinajstić information content (AvgIpc) is 2.06. The van der Waals surface area contributed by atoms with E-state index in [9.17, 15) is 9.90 Å². The van der Waals surface area contributed by atoms with Crippen molar-refractivity contribution in [2.45, 2.75) is 0 Å². The second-order valence-electron chi connectivity index (χ2n) is 2.71. The van der Waals surface area contributed by atoms with Crippen molar-refractivity contribution in [1.82, 2.24) is 4.98 Å². The third-order valence-corrected chi connectivity index (χ3v) is 2.03. The van der Waals surface area contributed by atoms with Gasteiger partial charge in [-0.05, 0) is 17.5 Å². The normalized spacial score (nSPS) is 10.5. The number of halogens is 1. The van der Waals surface area contributed by atoms with Gasteiger partial charge in [0.1, 0.15) is 0 Å². The first-order chi connectivity index (χ1) is 6.16. The predicted molar refractivity (Wildman–Crippen MR) is 51.2 cm³/mol. The molecular weight excluding hydrogens is 190 g/mol. The maximum atomic E-state index is 10.9. The summed E-state index contributed by atoms with van der Waals surface area (Å²) in [5.74, 6) is -0.148. The molecule has 0 saturated heterocycles. The zero-order valence-corrected chi connectivity index (χ0v) is 7.30. The highest BCUT2D eigenvalue weighted by Crippen LogP contribution is 2.23. The Morgan fingerprint density at radius 3 is 2.85 bits per heavy atom. The number of aromatic nitrogens is 1. The molecule has 0 saturated carbocycles. The summed E-state index contributed by atoms with van der Waals surface area (Å²) < 4.78 is 0. The van der Waals surface area contributed by atoms with E-state index in [4.69, 9.17) is 11.6 Å². The van der Waals surface area contributed by atoms with Gasteiger partial charge in [0.15, 0.2) is 5.88 Å². The van der Waals surface area contributed by atoms with Crippen LogP contribution in [0.4, 0.5) is 0 Å². The van der Waals surface area contributed by atoms with Gasteiger partial charge in [-0.15, -0.1) is 0 Å². The SMILES string of the molecule is O=c1cc2ccc(Cl)cc2c(O)[nH]1. The average molecular weight is 196 g/mol. The standard InChI is InChI=1S/C9H6ClNO2/c10-6-2-1-5-3-8(12)11-9(13)7(5)4-6/h1-4H,(H2,11,12,13). The van der Waals surface area contributed by atoms with Crippen LogP contribution in [0, 0.1) is 0 Å². The number of aromatic hydroxyl groups is 1. The quantitative estimate of drug-likeness (QED) is 0.675. The van der Waals surface area contributed by atoms with Gasteiger partial charge in [0.2, 0.25) is 0 Å². The molecule has 1 heterocycles. The van der Waals surface area contributed by atoms with Crippen LogP contribution >= 0.6 is 11.6 Å². The molecule has 13 heavy (non-hydrogen) atoms. The minimum absolute atomic E-state index is 0.148. The number of aromatic amines is 1. The van der Waals surface area contributed by atoms with E-state index >= 15 is 0 Å². The molecule has 0 aliphatic carbocycles. The van der Waals surface area contributed by atoms with Crippen LogP contribution in [0.3, 0.4) is 0 Å². The molecule has 3 nitrogen and oxygen atoms in total. The molecule has 0 radical (unpaired) electrons. The molecule has 0 fully saturated rings. The van der Waals surface area contributed by atoms with Crippen LogP contribution in [0.5, 0.6) is 5.88 Å². The molecule has 4 heteroatoms. The minimum Gasteiger partial charge on any atom is -0.494 e. The van der Waals surface area contributed by atoms with E-state index in [-0.39, 0.29) is 11.4 Å². The third-order valence-electron chi connectivity index (χ3n) is 1.80. The summed E-state index contributed by atoms with van der Waals surface area (Å²) in [5, 5.41) is 11.1. The molecule has 0 amide bonds. The molecule has 0 aliphatic rings. The lowest BCUT2D eigenvalue weighted by atomic mass is 10.2. The first-order valence-corrected chi connectivity index (χ1v) is 4.06. The summed E-state index contributed by atoms with van der Waals surface area (Å²) in [6.07, 6.45) is 0. The highest BCUT2D eigenvalue weighted by atomic mass is 35.5. The van der Waals surface area contributed by atoms with Crippen LogP contribution < -0.4 is 5.56 Å². The van der Waals surface area contributed by atoms with Gasteiger partial charge >= 0.3 is 0 Å². The summed E-state index contributed by atoms with van der Waals surface area (Å²) in [6.45, 7) is 0. The second-order valence-corrected chi connectivity index (χ2v) is 3.15. The number of pyridine rings is 1. The fourth-order valence-corrected chi connectivity index (χ4v) is 1.39. The number of H-pyrrole nitrogens is 1. The third kappa shape index (κ3) is 1.38. The number of benzene rings is 1. The maximum Gasteiger partial charge on any atom is 0.251 e. The van der Waals surface area contributed by atoms with Crippen molar-refractivity contribution in [2.24, 2.45) is 0 Å². The van der Waals surface area contributed by atoms with E-state index in [1.807, 2.05) is 0 Å². The monoisotopic (exact) mass is 195 g/mol. The number of rotatable bonds is 0. The summed E-state index contributed by atoms with van der Waals surface area (Å²) in [5.41, 5.74) is -0.327. The molecule has 66 valence electrons. The van der Waals surface area contributed by atoms with Crippen LogP contribution in [-0.2, 0) is 0 Å². The first-order valence-electron chi connectivity index (χ1n) is 3.68. The summed E-state index contributed by atoms with van der Waals surface area (Å²) >= 11 is 5.73. The van der Waals surface area contributed by atoms with Gasteiger partial charge in [-0.2, -0.15) is 0 Å². The van der Waals surface area contributed by atoms with Crippen molar-refractivity contribution in [2.75, 3.05) is 0 Å². The van der Waals surface area contributed by atoms with E-state index in [1.54, 1.807) is 18.2 Å². The number of hydrogen-bond donors (Lipinski definition) is 2. The summed E-state index contributed by atoms with van der Waals surface area (Å²) in [7, 11) is 0. The lowest BCUT2D eigenvalue weighted by Gasteiger charge is -1.99. The Balaban J connectivity index is 2.95. The van der Waals surface area contributed by atoms with Gasteiger partial charge < -0.3 is 5.11 Å². The zero-order valence-electron chi connectivity index (χ0n) is 6.54. The molecular formula is C9H6ClNO2. The fourth-order valence-electron chi connectivity index (χ4n) is 1.22. The van der Waals surface area contributed by atoms with E-state index in [0.717, 1.165) is 0 Å². The van der Waals surface area contributed by atoms with Crippen LogP contribution in [-0.4, -0.2) is 10.1 Å². The van der Waals surface area contributed by atoms with Gasteiger partial charge in [-0.3, -0.25) is 9.78 Å². The lowest BCUT2D eigenvalue weighted by Crippen LogP contribution is -2.02.